The van der Waals surface area contributed by atoms with Gasteiger partial charge in [0, 0.05) is 11.8 Å². The smallest absolute Gasteiger partial charge is 0.202 e. The molecule has 0 saturated heterocycles. The maximum Gasteiger partial charge on any atom is 0.202 e. The van der Waals surface area contributed by atoms with Crippen LogP contribution < -0.4 is 0 Å². The van der Waals surface area contributed by atoms with Crippen LogP contribution in [0.5, 0.6) is 0 Å². The van der Waals surface area contributed by atoms with E-state index < -0.39 is 5.72 Å². The van der Waals surface area contributed by atoms with Gasteiger partial charge in [0.25, 0.3) is 0 Å². The first-order valence-electron chi connectivity index (χ1n) is 4.49. The molecule has 1 N–H and O–H groups in total. The number of hydrogen-bond donors (Lipinski definition) is 1. The van der Waals surface area contributed by atoms with Gasteiger partial charge in [-0.2, -0.15) is 0 Å². The van der Waals surface area contributed by atoms with Crippen molar-refractivity contribution in [3.8, 4) is 0 Å². The van der Waals surface area contributed by atoms with Crippen LogP contribution in [0.2, 0.25) is 0 Å². The molecule has 2 nitrogen and oxygen atoms in total. The van der Waals surface area contributed by atoms with Crippen molar-refractivity contribution in [3.63, 3.8) is 0 Å². The Bertz CT molecular complexity index is 374. The molecule has 1 heterocycles. The summed E-state index contributed by atoms with van der Waals surface area (Å²) in [4.78, 5) is 4.08. The topological polar surface area (TPSA) is 32.6 Å². The second-order valence-corrected chi connectivity index (χ2v) is 3.11. The van der Waals surface area contributed by atoms with Gasteiger partial charge in [-0.3, -0.25) is 4.99 Å². The maximum absolute atomic E-state index is 10.2. The highest BCUT2D eigenvalue weighted by molar-refractivity contribution is 5.73. The molecule has 1 aromatic carbocycles. The third kappa shape index (κ3) is 1.65. The van der Waals surface area contributed by atoms with Crippen molar-refractivity contribution in [3.05, 3.63) is 60.2 Å². The van der Waals surface area contributed by atoms with Crippen LogP contribution >= 0.6 is 0 Å². The fourth-order valence-corrected chi connectivity index (χ4v) is 1.36. The Morgan fingerprint density at radius 3 is 2.57 bits per heavy atom. The van der Waals surface area contributed by atoms with Gasteiger partial charge in [0.2, 0.25) is 5.72 Å². The van der Waals surface area contributed by atoms with Crippen molar-refractivity contribution < 1.29 is 5.11 Å². The number of allylic oxidation sites excluding steroid dienone is 3. The monoisotopic (exact) mass is 185 g/mol. The Kier molecular flexibility index (Phi) is 2.29. The summed E-state index contributed by atoms with van der Waals surface area (Å²) in [6.45, 7) is 0. The average molecular weight is 185 g/mol. The molecular formula is C12H11NO. The van der Waals surface area contributed by atoms with E-state index >= 15 is 0 Å². The summed E-state index contributed by atoms with van der Waals surface area (Å²) in [6.07, 6.45) is 8.69. The lowest BCUT2D eigenvalue weighted by Crippen LogP contribution is -2.19. The van der Waals surface area contributed by atoms with Crippen LogP contribution in [0.25, 0.3) is 0 Å². The van der Waals surface area contributed by atoms with Crippen molar-refractivity contribution in [2.75, 3.05) is 0 Å². The number of benzene rings is 1. The van der Waals surface area contributed by atoms with Crippen LogP contribution in [0.1, 0.15) is 5.56 Å². The largest absolute Gasteiger partial charge is 0.362 e. The van der Waals surface area contributed by atoms with Crippen molar-refractivity contribution in [1.29, 1.82) is 0 Å². The number of aliphatic imine (C=N–C) groups is 1. The standard InChI is InChI=1S/C12H11NO/c14-12(9-5-2-6-10-13-12)11-7-3-1-4-8-11/h1-10,14H. The van der Waals surface area contributed by atoms with Gasteiger partial charge in [0.15, 0.2) is 0 Å². The molecule has 70 valence electrons. The van der Waals surface area contributed by atoms with Gasteiger partial charge in [0.05, 0.1) is 0 Å². The molecule has 1 aromatic rings. The van der Waals surface area contributed by atoms with Gasteiger partial charge in [-0.1, -0.05) is 42.5 Å². The van der Waals surface area contributed by atoms with E-state index in [2.05, 4.69) is 4.99 Å². The first-order valence-corrected chi connectivity index (χ1v) is 4.49. The Hall–Kier alpha value is -1.67. The number of aliphatic hydroxyl groups is 1. The van der Waals surface area contributed by atoms with Gasteiger partial charge in [-0.05, 0) is 12.2 Å². The third-order valence-electron chi connectivity index (χ3n) is 2.11. The molecule has 0 radical (unpaired) electrons. The SMILES string of the molecule is OC1(c2ccccc2)C=CC=CC=N1. The maximum atomic E-state index is 10.2. The van der Waals surface area contributed by atoms with Crippen LogP contribution in [0.3, 0.4) is 0 Å². The van der Waals surface area contributed by atoms with Crippen LogP contribution in [0, 0.1) is 0 Å². The number of hydrogen-bond acceptors (Lipinski definition) is 2. The molecule has 1 unspecified atom stereocenters. The molecule has 14 heavy (non-hydrogen) atoms. The van der Waals surface area contributed by atoms with Crippen LogP contribution in [0.4, 0.5) is 0 Å². The van der Waals surface area contributed by atoms with Gasteiger partial charge >= 0.3 is 0 Å². The highest BCUT2D eigenvalue weighted by Gasteiger charge is 2.23. The quantitative estimate of drug-likeness (QED) is 0.713. The van der Waals surface area contributed by atoms with Crippen molar-refractivity contribution in [2.45, 2.75) is 5.72 Å². The number of rotatable bonds is 1. The summed E-state index contributed by atoms with van der Waals surface area (Å²) in [5.74, 6) is 0. The van der Waals surface area contributed by atoms with Crippen molar-refractivity contribution >= 4 is 6.21 Å². The average Bonchev–Trinajstić information content (AvgIpc) is 2.46. The Balaban J connectivity index is 2.42. The molecule has 0 spiro atoms. The van der Waals surface area contributed by atoms with Crippen molar-refractivity contribution in [2.24, 2.45) is 4.99 Å². The summed E-state index contributed by atoms with van der Waals surface area (Å²) < 4.78 is 0. The lowest BCUT2D eigenvalue weighted by Gasteiger charge is -2.19. The minimum Gasteiger partial charge on any atom is -0.362 e. The minimum absolute atomic E-state index is 0.774. The molecule has 1 aliphatic rings. The van der Waals surface area contributed by atoms with Gasteiger partial charge in [-0.25, -0.2) is 0 Å². The van der Waals surface area contributed by atoms with E-state index in [9.17, 15) is 5.11 Å². The molecule has 0 aromatic heterocycles. The molecule has 2 rings (SSSR count). The van der Waals surface area contributed by atoms with E-state index in [-0.39, 0.29) is 0 Å². The molecular weight excluding hydrogens is 174 g/mol. The zero-order chi connectivity index (χ0) is 9.86. The summed E-state index contributed by atoms with van der Waals surface area (Å²) in [7, 11) is 0. The molecule has 2 heteroatoms. The predicted molar refractivity (Wildman–Crippen MR) is 57.1 cm³/mol. The van der Waals surface area contributed by atoms with E-state index in [0.717, 1.165) is 5.56 Å². The molecule has 0 amide bonds. The fraction of sp³-hybridized carbons (Fsp3) is 0.0833. The summed E-state index contributed by atoms with van der Waals surface area (Å²) in [6, 6.07) is 9.39. The Morgan fingerprint density at radius 2 is 1.79 bits per heavy atom. The zero-order valence-electron chi connectivity index (χ0n) is 7.67. The van der Waals surface area contributed by atoms with E-state index in [1.165, 1.54) is 0 Å². The first kappa shape index (κ1) is 8.91. The second kappa shape index (κ2) is 3.60. The van der Waals surface area contributed by atoms with E-state index in [1.54, 1.807) is 24.4 Å². The zero-order valence-corrected chi connectivity index (χ0v) is 7.67. The fourth-order valence-electron chi connectivity index (χ4n) is 1.36. The summed E-state index contributed by atoms with van der Waals surface area (Å²) in [5, 5.41) is 10.2. The predicted octanol–water partition coefficient (Wildman–Crippen LogP) is 2.03. The van der Waals surface area contributed by atoms with Gasteiger partial charge in [0.1, 0.15) is 0 Å². The van der Waals surface area contributed by atoms with E-state index in [1.807, 2.05) is 36.4 Å². The molecule has 1 aliphatic heterocycles. The number of nitrogens with zero attached hydrogens (tertiary/aromatic N) is 1. The van der Waals surface area contributed by atoms with Crippen LogP contribution in [-0.2, 0) is 5.72 Å². The molecule has 0 bridgehead atoms. The van der Waals surface area contributed by atoms with Gasteiger partial charge < -0.3 is 5.11 Å². The van der Waals surface area contributed by atoms with Crippen molar-refractivity contribution in [1.82, 2.24) is 0 Å². The second-order valence-electron chi connectivity index (χ2n) is 3.11. The third-order valence-corrected chi connectivity index (χ3v) is 2.11. The molecule has 0 fully saturated rings. The minimum atomic E-state index is -1.22. The van der Waals surface area contributed by atoms with E-state index in [4.69, 9.17) is 0 Å². The molecule has 0 saturated carbocycles. The highest BCUT2D eigenvalue weighted by Crippen LogP contribution is 2.24. The van der Waals surface area contributed by atoms with Crippen LogP contribution in [-0.4, -0.2) is 11.3 Å². The lowest BCUT2D eigenvalue weighted by molar-refractivity contribution is 0.101. The summed E-state index contributed by atoms with van der Waals surface area (Å²) in [5.41, 5.74) is -0.443. The Labute approximate surface area is 82.9 Å². The molecule has 1 atom stereocenters. The first-order chi connectivity index (χ1) is 6.81. The lowest BCUT2D eigenvalue weighted by atomic mass is 10.0. The Morgan fingerprint density at radius 1 is 1.00 bits per heavy atom. The summed E-state index contributed by atoms with van der Waals surface area (Å²) >= 11 is 0. The normalized spacial score (nSPS) is 24.9. The molecule has 0 aliphatic carbocycles. The van der Waals surface area contributed by atoms with E-state index in [0.29, 0.717) is 0 Å². The highest BCUT2D eigenvalue weighted by atomic mass is 16.3. The van der Waals surface area contributed by atoms with Gasteiger partial charge in [-0.15, -0.1) is 0 Å². The van der Waals surface area contributed by atoms with Crippen LogP contribution in [0.15, 0.2) is 59.6 Å².